The van der Waals surface area contributed by atoms with Crippen LogP contribution >= 0.6 is 7.92 Å². The summed E-state index contributed by atoms with van der Waals surface area (Å²) >= 11 is 0. The first kappa shape index (κ1) is 24.4. The molecule has 4 heteroatoms. The van der Waals surface area contributed by atoms with Crippen molar-refractivity contribution in [2.75, 3.05) is 21.3 Å². The minimum atomic E-state index is -0.400. The molecule has 0 atom stereocenters. The molecule has 3 aromatic rings. The Morgan fingerprint density at radius 2 is 1.23 bits per heavy atom. The lowest BCUT2D eigenvalue weighted by Crippen LogP contribution is -2.28. The first-order chi connectivity index (χ1) is 17.3. The van der Waals surface area contributed by atoms with Gasteiger partial charge in [-0.05, 0) is 66.0 Å². The van der Waals surface area contributed by atoms with Crippen LogP contribution in [0.3, 0.4) is 0 Å². The summed E-state index contributed by atoms with van der Waals surface area (Å²) in [5.41, 5.74) is 3.76. The Morgan fingerprint density at radius 3 is 1.83 bits per heavy atom. The van der Waals surface area contributed by atoms with Gasteiger partial charge in [-0.15, -0.1) is 0 Å². The molecule has 0 amide bonds. The van der Waals surface area contributed by atoms with Crippen molar-refractivity contribution < 1.29 is 14.2 Å². The van der Waals surface area contributed by atoms with Crippen molar-refractivity contribution in [2.45, 2.75) is 75.5 Å². The van der Waals surface area contributed by atoms with E-state index in [0.29, 0.717) is 0 Å². The zero-order valence-electron chi connectivity index (χ0n) is 21.5. The topological polar surface area (TPSA) is 27.7 Å². The van der Waals surface area contributed by atoms with Gasteiger partial charge in [-0.3, -0.25) is 0 Å². The largest absolute Gasteiger partial charge is 0.496 e. The first-order valence-electron chi connectivity index (χ1n) is 13.4. The quantitative estimate of drug-likeness (QED) is 0.312. The molecule has 3 nitrogen and oxygen atoms in total. The average Bonchev–Trinajstić information content (AvgIpc) is 2.93. The van der Waals surface area contributed by atoms with E-state index in [1.54, 1.807) is 7.11 Å². The van der Waals surface area contributed by atoms with Gasteiger partial charge in [0.1, 0.15) is 17.2 Å². The third-order valence-corrected chi connectivity index (χ3v) is 11.6. The Bertz CT molecular complexity index is 1130. The molecule has 0 radical (unpaired) electrons. The van der Waals surface area contributed by atoms with Crippen LogP contribution in [0.1, 0.15) is 64.2 Å². The number of rotatable bonds is 7. The van der Waals surface area contributed by atoms with E-state index in [1.165, 1.54) is 80.3 Å². The summed E-state index contributed by atoms with van der Waals surface area (Å²) < 4.78 is 18.4. The molecule has 0 N–H and O–H groups in total. The predicted octanol–water partition coefficient (Wildman–Crippen LogP) is 8.31. The zero-order valence-corrected chi connectivity index (χ0v) is 22.4. The van der Waals surface area contributed by atoms with Crippen molar-refractivity contribution in [1.29, 1.82) is 0 Å². The highest BCUT2D eigenvalue weighted by Gasteiger charge is 2.37. The van der Waals surface area contributed by atoms with Crippen molar-refractivity contribution in [3.05, 3.63) is 48.5 Å². The Kier molecular flexibility index (Phi) is 7.83. The molecule has 0 aliphatic heterocycles. The Balaban J connectivity index is 1.75. The highest BCUT2D eigenvalue weighted by Crippen LogP contribution is 2.59. The fraction of sp³-hybridized carbons (Fsp3) is 0.484. The Hall–Kier alpha value is -2.25. The van der Waals surface area contributed by atoms with Gasteiger partial charge in [0.05, 0.1) is 26.6 Å². The molecule has 0 bridgehead atoms. The molecule has 0 aromatic heterocycles. The molecular weight excluding hydrogens is 451 g/mol. The summed E-state index contributed by atoms with van der Waals surface area (Å²) in [7, 11) is 5.03. The summed E-state index contributed by atoms with van der Waals surface area (Å²) in [4.78, 5) is 0. The minimum absolute atomic E-state index is 0.400. The number of hydrogen-bond acceptors (Lipinski definition) is 3. The summed E-state index contributed by atoms with van der Waals surface area (Å²) in [6.45, 7) is 0. The van der Waals surface area contributed by atoms with Crippen molar-refractivity contribution >= 4 is 24.0 Å². The predicted molar refractivity (Wildman–Crippen MR) is 149 cm³/mol. The van der Waals surface area contributed by atoms with E-state index in [1.807, 2.05) is 14.2 Å². The van der Waals surface area contributed by atoms with Gasteiger partial charge in [0.2, 0.25) is 0 Å². The molecule has 2 fully saturated rings. The lowest BCUT2D eigenvalue weighted by atomic mass is 9.96. The molecule has 0 spiro atoms. The van der Waals surface area contributed by atoms with Crippen LogP contribution in [0.4, 0.5) is 0 Å². The van der Waals surface area contributed by atoms with Crippen molar-refractivity contribution in [1.82, 2.24) is 0 Å². The van der Waals surface area contributed by atoms with Gasteiger partial charge in [-0.2, -0.15) is 0 Å². The second-order valence-electron chi connectivity index (χ2n) is 10.1. The smallest absolute Gasteiger partial charge is 0.138 e. The minimum Gasteiger partial charge on any atom is -0.496 e. The summed E-state index contributed by atoms with van der Waals surface area (Å²) in [5.74, 6) is 2.89. The fourth-order valence-electron chi connectivity index (χ4n) is 6.45. The average molecular weight is 491 g/mol. The Morgan fingerprint density at radius 1 is 0.629 bits per heavy atom. The monoisotopic (exact) mass is 490 g/mol. The maximum atomic E-state index is 6.37. The van der Waals surface area contributed by atoms with E-state index in [2.05, 4.69) is 48.5 Å². The molecule has 186 valence electrons. The van der Waals surface area contributed by atoms with Crippen LogP contribution in [0, 0.1) is 0 Å². The van der Waals surface area contributed by atoms with E-state index >= 15 is 0 Å². The SMILES string of the molecule is COc1ccc(-c2c(OC)ccc3ccccc23)c(OC)c1P(C1CCCCC1)C1CCCCC1. The number of benzene rings is 3. The van der Waals surface area contributed by atoms with Crippen LogP contribution < -0.4 is 19.5 Å². The molecule has 2 aliphatic carbocycles. The highest BCUT2D eigenvalue weighted by atomic mass is 31.1. The molecule has 2 aliphatic rings. The van der Waals surface area contributed by atoms with Crippen LogP contribution in [-0.2, 0) is 0 Å². The highest BCUT2D eigenvalue weighted by molar-refractivity contribution is 7.67. The lowest BCUT2D eigenvalue weighted by Gasteiger charge is -2.40. The number of fused-ring (bicyclic) bond motifs is 1. The van der Waals surface area contributed by atoms with Crippen molar-refractivity contribution in [3.8, 4) is 28.4 Å². The van der Waals surface area contributed by atoms with Gasteiger partial charge < -0.3 is 14.2 Å². The van der Waals surface area contributed by atoms with Gasteiger partial charge in [0.15, 0.2) is 0 Å². The maximum Gasteiger partial charge on any atom is 0.138 e. The Labute approximate surface area is 211 Å². The van der Waals surface area contributed by atoms with Crippen molar-refractivity contribution in [3.63, 3.8) is 0 Å². The van der Waals surface area contributed by atoms with E-state index in [-0.39, 0.29) is 0 Å². The molecule has 0 heterocycles. The van der Waals surface area contributed by atoms with Crippen LogP contribution in [-0.4, -0.2) is 32.6 Å². The van der Waals surface area contributed by atoms with E-state index in [9.17, 15) is 0 Å². The van der Waals surface area contributed by atoms with E-state index < -0.39 is 7.92 Å². The number of ether oxygens (including phenoxy) is 3. The third-order valence-electron chi connectivity index (χ3n) is 8.09. The number of hydrogen-bond donors (Lipinski definition) is 0. The number of methoxy groups -OCH3 is 3. The van der Waals surface area contributed by atoms with E-state index in [0.717, 1.165) is 39.7 Å². The normalized spacial score (nSPS) is 17.6. The first-order valence-corrected chi connectivity index (χ1v) is 14.8. The standard InChI is InChI=1S/C31H39O3P/c1-32-27-20-18-22-12-10-11-17-25(22)29(27)26-19-21-28(33-2)31(30(26)34-3)35(23-13-6-4-7-14-23)24-15-8-5-9-16-24/h10-12,17-21,23-24H,4-9,13-16H2,1-3H3. The van der Waals surface area contributed by atoms with Crippen LogP contribution in [0.25, 0.3) is 21.9 Å². The summed E-state index contributed by atoms with van der Waals surface area (Å²) in [6.07, 6.45) is 13.6. The van der Waals surface area contributed by atoms with Gasteiger partial charge in [-0.25, -0.2) is 0 Å². The maximum absolute atomic E-state index is 6.37. The van der Waals surface area contributed by atoms with Gasteiger partial charge in [0, 0.05) is 11.1 Å². The van der Waals surface area contributed by atoms with Gasteiger partial charge >= 0.3 is 0 Å². The summed E-state index contributed by atoms with van der Waals surface area (Å²) in [5, 5.41) is 3.77. The zero-order chi connectivity index (χ0) is 24.2. The molecule has 3 aromatic carbocycles. The second kappa shape index (κ2) is 11.2. The van der Waals surface area contributed by atoms with Crippen molar-refractivity contribution in [2.24, 2.45) is 0 Å². The van der Waals surface area contributed by atoms with Crippen LogP contribution in [0.2, 0.25) is 0 Å². The van der Waals surface area contributed by atoms with Crippen LogP contribution in [0.15, 0.2) is 48.5 Å². The summed E-state index contributed by atoms with van der Waals surface area (Å²) in [6, 6.07) is 17.2. The molecule has 35 heavy (non-hydrogen) atoms. The fourth-order valence-corrected chi connectivity index (χ4v) is 10.5. The van der Waals surface area contributed by atoms with Crippen LogP contribution in [0.5, 0.6) is 17.2 Å². The lowest BCUT2D eigenvalue weighted by molar-refractivity contribution is 0.399. The second-order valence-corrected chi connectivity index (χ2v) is 12.8. The third kappa shape index (κ3) is 4.77. The molecule has 0 unspecified atom stereocenters. The van der Waals surface area contributed by atoms with Gasteiger partial charge in [-0.1, -0.05) is 76.8 Å². The molecular formula is C31H39O3P. The van der Waals surface area contributed by atoms with E-state index in [4.69, 9.17) is 14.2 Å². The molecule has 0 saturated heterocycles. The van der Waals surface area contributed by atoms with Gasteiger partial charge in [0.25, 0.3) is 0 Å². The molecule has 5 rings (SSSR count). The molecule has 2 saturated carbocycles.